The molecule has 1 aliphatic rings. The number of ether oxygens (including phenoxy) is 1. The molecule has 0 aliphatic carbocycles. The summed E-state index contributed by atoms with van der Waals surface area (Å²) in [5.74, 6) is 0.672. The van der Waals surface area contributed by atoms with Gasteiger partial charge in [-0.3, -0.25) is 9.69 Å². The fourth-order valence-electron chi connectivity index (χ4n) is 4.07. The Morgan fingerprint density at radius 1 is 1.20 bits per heavy atom. The van der Waals surface area contributed by atoms with Crippen LogP contribution in [0.4, 0.5) is 0 Å². The Labute approximate surface area is 175 Å². The van der Waals surface area contributed by atoms with E-state index in [2.05, 4.69) is 56.4 Å². The number of piperazine rings is 1. The number of nitrogens with one attached hydrogen (secondary N) is 1. The van der Waals surface area contributed by atoms with Gasteiger partial charge in [-0.1, -0.05) is 12.1 Å². The Morgan fingerprint density at radius 2 is 1.97 bits per heavy atom. The summed E-state index contributed by atoms with van der Waals surface area (Å²) >= 11 is 0. The van der Waals surface area contributed by atoms with Gasteiger partial charge in [0.25, 0.3) is 5.56 Å². The number of methoxy groups -OCH3 is 1. The van der Waals surface area contributed by atoms with Crippen molar-refractivity contribution in [1.82, 2.24) is 35.0 Å². The maximum absolute atomic E-state index is 13.3. The molecule has 0 radical (unpaired) electrons. The van der Waals surface area contributed by atoms with Crippen molar-refractivity contribution in [3.05, 3.63) is 51.1 Å². The molecular formula is C21H29N7O2. The van der Waals surface area contributed by atoms with Gasteiger partial charge in [0, 0.05) is 38.9 Å². The summed E-state index contributed by atoms with van der Waals surface area (Å²) < 4.78 is 6.96. The fraction of sp³-hybridized carbons (Fsp3) is 0.524. The lowest BCUT2D eigenvalue weighted by Gasteiger charge is -2.37. The van der Waals surface area contributed by atoms with Crippen molar-refractivity contribution in [3.8, 4) is 0 Å². The third-order valence-corrected chi connectivity index (χ3v) is 6.09. The number of likely N-dealkylation sites (N-methyl/N-ethyl adjacent to an activating group) is 1. The minimum atomic E-state index is -0.319. The molecule has 3 aromatic rings. The SMILES string of the molecule is COCCn1nnnc1C(c1cc2ccc(C)c(C)c2[nH]c1=O)N1CCN(C)CC1. The average Bonchev–Trinajstić information content (AvgIpc) is 3.20. The van der Waals surface area contributed by atoms with Crippen LogP contribution in [0.25, 0.3) is 10.9 Å². The van der Waals surface area contributed by atoms with Crippen molar-refractivity contribution in [3.63, 3.8) is 0 Å². The van der Waals surface area contributed by atoms with Crippen LogP contribution >= 0.6 is 0 Å². The minimum absolute atomic E-state index is 0.0959. The zero-order chi connectivity index (χ0) is 21.3. The third-order valence-electron chi connectivity index (χ3n) is 6.09. The Morgan fingerprint density at radius 3 is 2.70 bits per heavy atom. The molecular weight excluding hydrogens is 382 g/mol. The third kappa shape index (κ3) is 3.88. The highest BCUT2D eigenvalue weighted by Crippen LogP contribution is 2.28. The Kier molecular flexibility index (Phi) is 5.94. The Balaban J connectivity index is 1.84. The molecule has 0 spiro atoms. The van der Waals surface area contributed by atoms with E-state index in [9.17, 15) is 4.79 Å². The zero-order valence-corrected chi connectivity index (χ0v) is 18.1. The van der Waals surface area contributed by atoms with Crippen LogP contribution in [0.1, 0.15) is 28.6 Å². The highest BCUT2D eigenvalue weighted by Gasteiger charge is 2.32. The highest BCUT2D eigenvalue weighted by atomic mass is 16.5. The summed E-state index contributed by atoms with van der Waals surface area (Å²) in [6, 6.07) is 5.83. The van der Waals surface area contributed by atoms with Gasteiger partial charge in [0.1, 0.15) is 6.04 Å². The lowest BCUT2D eigenvalue weighted by Crippen LogP contribution is -2.47. The van der Waals surface area contributed by atoms with E-state index < -0.39 is 0 Å². The second-order valence-corrected chi connectivity index (χ2v) is 8.02. The lowest BCUT2D eigenvalue weighted by atomic mass is 10.00. The molecule has 1 N–H and O–H groups in total. The summed E-state index contributed by atoms with van der Waals surface area (Å²) in [5, 5.41) is 13.4. The van der Waals surface area contributed by atoms with Crippen LogP contribution < -0.4 is 5.56 Å². The molecule has 0 bridgehead atoms. The van der Waals surface area contributed by atoms with Gasteiger partial charge >= 0.3 is 0 Å². The predicted octanol–water partition coefficient (Wildman–Crippen LogP) is 1.11. The van der Waals surface area contributed by atoms with E-state index in [0.717, 1.165) is 48.2 Å². The first-order valence-electron chi connectivity index (χ1n) is 10.3. The van der Waals surface area contributed by atoms with E-state index in [-0.39, 0.29) is 11.6 Å². The van der Waals surface area contributed by atoms with Crippen LogP contribution in [-0.2, 0) is 11.3 Å². The number of H-pyrrole nitrogens is 1. The zero-order valence-electron chi connectivity index (χ0n) is 18.1. The van der Waals surface area contributed by atoms with E-state index in [4.69, 9.17) is 4.74 Å². The van der Waals surface area contributed by atoms with E-state index in [1.165, 1.54) is 0 Å². The second kappa shape index (κ2) is 8.63. The molecule has 160 valence electrons. The summed E-state index contributed by atoms with van der Waals surface area (Å²) in [5.41, 5.74) is 3.72. The summed E-state index contributed by atoms with van der Waals surface area (Å²) in [7, 11) is 3.77. The Hall–Kier alpha value is -2.62. The standard InChI is InChI=1S/C21H29N7O2/c1-14-5-6-16-13-17(21(29)22-18(16)15(14)2)19(27-9-7-26(3)8-10-27)20-23-24-25-28(20)11-12-30-4/h5-6,13,19H,7-12H2,1-4H3,(H,22,29). The first-order valence-corrected chi connectivity index (χ1v) is 10.3. The van der Waals surface area contributed by atoms with Gasteiger partial charge in [0.05, 0.1) is 18.7 Å². The number of aromatic amines is 1. The maximum atomic E-state index is 13.3. The summed E-state index contributed by atoms with van der Waals surface area (Å²) in [4.78, 5) is 21.0. The number of aryl methyl sites for hydroxylation is 2. The number of nitrogens with zero attached hydrogens (tertiary/aromatic N) is 6. The number of hydrogen-bond donors (Lipinski definition) is 1. The van der Waals surface area contributed by atoms with Gasteiger partial charge < -0.3 is 14.6 Å². The topological polar surface area (TPSA) is 92.2 Å². The molecule has 9 nitrogen and oxygen atoms in total. The van der Waals surface area contributed by atoms with Crippen molar-refractivity contribution >= 4 is 10.9 Å². The molecule has 4 rings (SSSR count). The molecule has 1 aromatic carbocycles. The van der Waals surface area contributed by atoms with E-state index in [1.807, 2.05) is 13.0 Å². The number of benzene rings is 1. The first kappa shape index (κ1) is 20.6. The van der Waals surface area contributed by atoms with Gasteiger partial charge in [-0.25, -0.2) is 4.68 Å². The van der Waals surface area contributed by atoms with Crippen LogP contribution in [0.2, 0.25) is 0 Å². The van der Waals surface area contributed by atoms with Crippen LogP contribution in [0, 0.1) is 13.8 Å². The molecule has 1 fully saturated rings. The van der Waals surface area contributed by atoms with Crippen LogP contribution in [0.15, 0.2) is 23.0 Å². The van der Waals surface area contributed by atoms with Crippen LogP contribution in [-0.4, -0.2) is 81.9 Å². The normalized spacial score (nSPS) is 16.9. The second-order valence-electron chi connectivity index (χ2n) is 8.02. The number of fused-ring (bicyclic) bond motifs is 1. The van der Waals surface area contributed by atoms with E-state index in [0.29, 0.717) is 24.5 Å². The van der Waals surface area contributed by atoms with Crippen molar-refractivity contribution in [2.24, 2.45) is 0 Å². The van der Waals surface area contributed by atoms with Gasteiger partial charge in [0.2, 0.25) is 0 Å². The summed E-state index contributed by atoms with van der Waals surface area (Å²) in [6.07, 6.45) is 0. The molecule has 30 heavy (non-hydrogen) atoms. The maximum Gasteiger partial charge on any atom is 0.253 e. The first-order chi connectivity index (χ1) is 14.5. The molecule has 1 unspecified atom stereocenters. The average molecular weight is 412 g/mol. The van der Waals surface area contributed by atoms with Crippen molar-refractivity contribution < 1.29 is 4.74 Å². The molecule has 1 aliphatic heterocycles. The summed E-state index contributed by atoms with van der Waals surface area (Å²) in [6.45, 7) is 8.66. The number of pyridine rings is 1. The fourth-order valence-corrected chi connectivity index (χ4v) is 4.07. The predicted molar refractivity (Wildman–Crippen MR) is 115 cm³/mol. The van der Waals surface area contributed by atoms with Gasteiger partial charge in [-0.15, -0.1) is 5.10 Å². The van der Waals surface area contributed by atoms with Gasteiger partial charge in [0.15, 0.2) is 5.82 Å². The molecule has 1 saturated heterocycles. The smallest absolute Gasteiger partial charge is 0.253 e. The molecule has 9 heteroatoms. The lowest BCUT2D eigenvalue weighted by molar-refractivity contribution is 0.119. The highest BCUT2D eigenvalue weighted by molar-refractivity contribution is 5.83. The molecule has 2 aromatic heterocycles. The molecule has 0 saturated carbocycles. The number of tetrazole rings is 1. The molecule has 1 atom stereocenters. The van der Waals surface area contributed by atoms with Crippen LogP contribution in [0.5, 0.6) is 0 Å². The van der Waals surface area contributed by atoms with Crippen molar-refractivity contribution in [1.29, 1.82) is 0 Å². The molecule has 3 heterocycles. The number of hydrogen-bond acceptors (Lipinski definition) is 7. The molecule has 0 amide bonds. The minimum Gasteiger partial charge on any atom is -0.383 e. The largest absolute Gasteiger partial charge is 0.383 e. The van der Waals surface area contributed by atoms with E-state index >= 15 is 0 Å². The van der Waals surface area contributed by atoms with E-state index in [1.54, 1.807) is 11.8 Å². The van der Waals surface area contributed by atoms with Crippen molar-refractivity contribution in [2.75, 3.05) is 46.9 Å². The monoisotopic (exact) mass is 411 g/mol. The number of rotatable bonds is 6. The van der Waals surface area contributed by atoms with Gasteiger partial charge in [-0.05, 0) is 53.9 Å². The van der Waals surface area contributed by atoms with Crippen molar-refractivity contribution in [2.45, 2.75) is 26.4 Å². The Bertz CT molecular complexity index is 1080. The van der Waals surface area contributed by atoms with Crippen LogP contribution in [0.3, 0.4) is 0 Å². The quantitative estimate of drug-likeness (QED) is 0.650. The number of aromatic nitrogens is 5. The van der Waals surface area contributed by atoms with Gasteiger partial charge in [-0.2, -0.15) is 0 Å².